The molecule has 4 aliphatic rings. The van der Waals surface area contributed by atoms with Gasteiger partial charge in [-0.25, -0.2) is 4.79 Å². The molecular weight excluding hydrogens is 1010 g/mol. The van der Waals surface area contributed by atoms with Crippen LogP contribution >= 0.6 is 0 Å². The van der Waals surface area contributed by atoms with Crippen LogP contribution in [0.15, 0.2) is 85.1 Å². The lowest BCUT2D eigenvalue weighted by molar-refractivity contribution is -0.310. The Bertz CT molecular complexity index is 2000. The predicted molar refractivity (Wildman–Crippen MR) is 279 cm³/mol. The minimum absolute atomic E-state index is 0.129. The molecule has 1 aliphatic carbocycles. The van der Waals surface area contributed by atoms with Crippen molar-refractivity contribution in [2.75, 3.05) is 0 Å². The summed E-state index contributed by atoms with van der Waals surface area (Å²) in [5.41, 5.74) is 6.12. The molecule has 20 atom stereocenters. The molecule has 0 spiro atoms. The van der Waals surface area contributed by atoms with Crippen molar-refractivity contribution in [1.82, 2.24) is 0 Å². The fourth-order valence-corrected chi connectivity index (χ4v) is 9.70. The van der Waals surface area contributed by atoms with Crippen molar-refractivity contribution < 1.29 is 98.6 Å². The second kappa shape index (κ2) is 32.8. The lowest BCUT2D eigenvalue weighted by Crippen LogP contribution is -2.61. The van der Waals surface area contributed by atoms with Crippen LogP contribution in [0.5, 0.6) is 0 Å². The summed E-state index contributed by atoms with van der Waals surface area (Å²) in [4.78, 5) is 39.4. The van der Waals surface area contributed by atoms with E-state index in [4.69, 9.17) is 38.9 Å². The molecule has 436 valence electrons. The van der Waals surface area contributed by atoms with E-state index in [1.807, 2.05) is 13.0 Å². The van der Waals surface area contributed by atoms with Crippen molar-refractivity contribution >= 4 is 18.1 Å². The minimum atomic E-state index is -2.40. The fraction of sp³-hybridized carbons (Fsp3) is 0.696. The molecule has 2 saturated heterocycles. The van der Waals surface area contributed by atoms with Crippen molar-refractivity contribution in [3.8, 4) is 0 Å². The van der Waals surface area contributed by atoms with Crippen LogP contribution in [0.3, 0.4) is 0 Å². The highest BCUT2D eigenvalue weighted by atomic mass is 16.8. The van der Waals surface area contributed by atoms with Gasteiger partial charge in [0, 0.05) is 44.4 Å². The average molecular weight is 1090 g/mol. The molecule has 3 heterocycles. The zero-order valence-corrected chi connectivity index (χ0v) is 45.0. The molecule has 21 heteroatoms. The summed E-state index contributed by atoms with van der Waals surface area (Å²) >= 11 is 0. The van der Waals surface area contributed by atoms with Crippen LogP contribution in [0, 0.1) is 17.8 Å². The number of carbonyl (C=O) groups excluding carboxylic acids is 3. The van der Waals surface area contributed by atoms with Gasteiger partial charge in [-0.15, -0.1) is 0 Å². The second-order valence-corrected chi connectivity index (χ2v) is 21.0. The maximum Gasteiger partial charge on any atom is 0.511 e. The molecule has 77 heavy (non-hydrogen) atoms. The third-order valence-corrected chi connectivity index (χ3v) is 14.4. The average Bonchev–Trinajstić information content (AvgIpc) is 3.35. The van der Waals surface area contributed by atoms with Crippen LogP contribution in [0.2, 0.25) is 0 Å². The summed E-state index contributed by atoms with van der Waals surface area (Å²) in [7, 11) is 0. The quantitative estimate of drug-likeness (QED) is 0.103. The zero-order valence-electron chi connectivity index (χ0n) is 45.0. The molecule has 3 aliphatic heterocycles. The molecule has 12 N–H and O–H groups in total. The highest BCUT2D eigenvalue weighted by molar-refractivity contribution is 5.74. The lowest BCUT2D eigenvalue weighted by atomic mass is 9.82. The van der Waals surface area contributed by atoms with Gasteiger partial charge in [-0.1, -0.05) is 105 Å². The number of ether oxygens (including phenoxy) is 7. The van der Waals surface area contributed by atoms with E-state index in [0.717, 1.165) is 19.3 Å². The molecular formula is C56H87NO20. The van der Waals surface area contributed by atoms with Crippen LogP contribution in [0.25, 0.3) is 0 Å². The predicted octanol–water partition coefficient (Wildman–Crippen LogP) is 3.00. The SMILES string of the molecule is CC(OC(=O)OC1CCCCC1)OC(=O)[C@@H]1C(O)C[C@@]2(O)C[C@@H](O)C[C@@H](O)[C@H](O)CC[C@@H](O)C[C@@H](O)CC(=O)OC(C)C(C)[C@H](O)C(C)/C=C/C=C/C=C/C=C/C=C/C=C/C=C/[C@H](OC3OC(C)C(O)C(N)C3O)C[C@@H]1O2. The number of esters is 2. The van der Waals surface area contributed by atoms with Crippen LogP contribution in [0.1, 0.15) is 118 Å². The van der Waals surface area contributed by atoms with Gasteiger partial charge in [0.25, 0.3) is 0 Å². The Kier molecular flexibility index (Phi) is 27.8. The summed E-state index contributed by atoms with van der Waals surface area (Å²) in [6.07, 6.45) is 3.84. The third-order valence-electron chi connectivity index (χ3n) is 14.4. The number of aliphatic hydroxyl groups excluding tert-OH is 9. The van der Waals surface area contributed by atoms with Gasteiger partial charge in [0.1, 0.15) is 24.2 Å². The van der Waals surface area contributed by atoms with E-state index in [2.05, 4.69) is 0 Å². The first-order valence-corrected chi connectivity index (χ1v) is 27.0. The molecule has 3 fully saturated rings. The summed E-state index contributed by atoms with van der Waals surface area (Å²) in [5.74, 6) is -6.61. The molecule has 21 nitrogen and oxygen atoms in total. The Hall–Kier alpha value is -4.17. The molecule has 1 saturated carbocycles. The van der Waals surface area contributed by atoms with Gasteiger partial charge >= 0.3 is 18.1 Å². The summed E-state index contributed by atoms with van der Waals surface area (Å²) in [6.45, 7) is 8.01. The Morgan fingerprint density at radius 3 is 1.87 bits per heavy atom. The van der Waals surface area contributed by atoms with E-state index in [9.17, 15) is 65.4 Å². The Labute approximate surface area is 452 Å². The van der Waals surface area contributed by atoms with E-state index in [0.29, 0.717) is 12.8 Å². The number of rotatable bonds is 6. The topological polar surface area (TPSA) is 344 Å². The number of cyclic esters (lactones) is 1. The van der Waals surface area contributed by atoms with Gasteiger partial charge in [-0.3, -0.25) is 9.59 Å². The van der Waals surface area contributed by atoms with E-state index in [1.165, 1.54) is 19.9 Å². The number of aliphatic hydroxyl groups is 10. The molecule has 0 radical (unpaired) electrons. The van der Waals surface area contributed by atoms with Gasteiger partial charge in [0.05, 0.1) is 79.6 Å². The van der Waals surface area contributed by atoms with Gasteiger partial charge < -0.3 is 90.0 Å². The summed E-state index contributed by atoms with van der Waals surface area (Å²) in [6, 6.07) is -1.19. The fourth-order valence-electron chi connectivity index (χ4n) is 9.70. The first-order valence-electron chi connectivity index (χ1n) is 27.0. The zero-order chi connectivity index (χ0) is 56.8. The van der Waals surface area contributed by atoms with Crippen molar-refractivity contribution in [1.29, 1.82) is 0 Å². The number of nitrogens with two attached hydrogens (primary N) is 1. The highest BCUT2D eigenvalue weighted by Crippen LogP contribution is 2.39. The Morgan fingerprint density at radius 2 is 1.25 bits per heavy atom. The van der Waals surface area contributed by atoms with Crippen molar-refractivity contribution in [2.45, 2.75) is 228 Å². The molecule has 2 bridgehead atoms. The van der Waals surface area contributed by atoms with Gasteiger partial charge in [-0.2, -0.15) is 0 Å². The van der Waals surface area contributed by atoms with Crippen LogP contribution in [0.4, 0.5) is 4.79 Å². The smallest absolute Gasteiger partial charge is 0.462 e. The first-order chi connectivity index (χ1) is 36.5. The maximum absolute atomic E-state index is 14.0. The van der Waals surface area contributed by atoms with Crippen molar-refractivity contribution in [3.05, 3.63) is 85.1 Å². The molecule has 0 amide bonds. The standard InChI is InChI=1S/C56H87NO20/c1-33-21-17-14-12-10-8-6-7-9-11-13-15-18-24-42(75-54-52(67)49(57)51(66)36(4)72-54)30-46-48(53(68)73-37(5)74-55(69)76-41-22-19-16-20-23-41)45(63)32-56(70,77-46)31-40(60)28-44(62)43(61)26-25-38(58)27-39(59)29-47(64)71-35(3)34(2)50(33)65/h6-15,17-18,21,24,33-46,48-52,54,58-63,65-67,70H,16,19-20,22-23,25-32,57H2,1-5H3/b7-6+,10-8+,11-9+,14-12+,15-13+,21-17+,24-18+/t33?,34?,35?,36?,37?,38-,39-,40+,42+,43-,44-,45?,46+,48-,49?,50-,51?,52?,54?,56-/m1/s1. The maximum atomic E-state index is 14.0. The van der Waals surface area contributed by atoms with Gasteiger partial charge in [0.2, 0.25) is 6.29 Å². The Morgan fingerprint density at radius 1 is 0.649 bits per heavy atom. The highest BCUT2D eigenvalue weighted by Gasteiger charge is 2.52. The number of carbonyl (C=O) groups is 3. The lowest BCUT2D eigenvalue weighted by Gasteiger charge is -2.45. The largest absolute Gasteiger partial charge is 0.511 e. The molecule has 0 aromatic carbocycles. The first kappa shape index (κ1) is 65.3. The number of fused-ring (bicyclic) bond motifs is 2. The van der Waals surface area contributed by atoms with Gasteiger partial charge in [0.15, 0.2) is 12.1 Å². The van der Waals surface area contributed by atoms with E-state index < -0.39 is 159 Å². The molecule has 4 rings (SSSR count). The van der Waals surface area contributed by atoms with Crippen LogP contribution in [-0.4, -0.2) is 179 Å². The normalized spacial score (nSPS) is 41.9. The number of hydrogen-bond donors (Lipinski definition) is 11. The summed E-state index contributed by atoms with van der Waals surface area (Å²) < 4.78 is 39.9. The number of hydrogen-bond acceptors (Lipinski definition) is 21. The van der Waals surface area contributed by atoms with Crippen molar-refractivity contribution in [2.24, 2.45) is 23.5 Å². The van der Waals surface area contributed by atoms with Crippen molar-refractivity contribution in [3.63, 3.8) is 0 Å². The van der Waals surface area contributed by atoms with E-state index in [-0.39, 0.29) is 37.7 Å². The second-order valence-electron chi connectivity index (χ2n) is 21.0. The molecule has 10 unspecified atom stereocenters. The van der Waals surface area contributed by atoms with E-state index >= 15 is 0 Å². The number of allylic oxidation sites excluding steroid dienone is 12. The van der Waals surface area contributed by atoms with E-state index in [1.54, 1.807) is 86.8 Å². The molecule has 0 aromatic heterocycles. The van der Waals surface area contributed by atoms with Gasteiger partial charge in [-0.05, 0) is 58.8 Å². The third kappa shape index (κ3) is 22.5. The monoisotopic (exact) mass is 1090 g/mol. The van der Waals surface area contributed by atoms with Crippen LogP contribution < -0.4 is 5.73 Å². The van der Waals surface area contributed by atoms with Crippen LogP contribution in [-0.2, 0) is 42.7 Å². The minimum Gasteiger partial charge on any atom is -0.462 e. The summed E-state index contributed by atoms with van der Waals surface area (Å²) in [5, 5.41) is 110. The molecule has 0 aromatic rings. The Balaban J connectivity index is 1.61.